The fraction of sp³-hybridized carbons (Fsp3) is 0.353. The third-order valence-corrected chi connectivity index (χ3v) is 5.79. The molecule has 3 N–H and O–H groups in total. The van der Waals surface area contributed by atoms with Gasteiger partial charge < -0.3 is 15.5 Å². The lowest BCUT2D eigenvalue weighted by Gasteiger charge is -2.13. The van der Waals surface area contributed by atoms with Gasteiger partial charge in [0.05, 0.1) is 17.5 Å². The van der Waals surface area contributed by atoms with Crippen LogP contribution in [-0.4, -0.2) is 54.3 Å². The van der Waals surface area contributed by atoms with E-state index in [4.69, 9.17) is 0 Å². The number of halogens is 1. The average molecular weight is 375 g/mol. The molecule has 0 aliphatic carbocycles. The molecule has 1 saturated heterocycles. The second-order valence-electron chi connectivity index (χ2n) is 6.11. The Bertz CT molecular complexity index is 921. The summed E-state index contributed by atoms with van der Waals surface area (Å²) >= 11 is 1.45. The predicted molar refractivity (Wildman–Crippen MR) is 96.6 cm³/mol. The van der Waals surface area contributed by atoms with E-state index in [-0.39, 0.29) is 11.1 Å². The van der Waals surface area contributed by atoms with Gasteiger partial charge in [0.15, 0.2) is 11.6 Å². The van der Waals surface area contributed by atoms with E-state index >= 15 is 0 Å². The van der Waals surface area contributed by atoms with Crippen molar-refractivity contribution in [3.05, 3.63) is 53.9 Å². The van der Waals surface area contributed by atoms with Gasteiger partial charge in [-0.2, -0.15) is 0 Å². The minimum Gasteiger partial charge on any atom is -0.390 e. The molecule has 9 heteroatoms. The maximum atomic E-state index is 13.7. The monoisotopic (exact) mass is 375 g/mol. The van der Waals surface area contributed by atoms with E-state index in [1.54, 1.807) is 35.0 Å². The van der Waals surface area contributed by atoms with Gasteiger partial charge in [-0.25, -0.2) is 9.37 Å². The summed E-state index contributed by atoms with van der Waals surface area (Å²) in [7, 11) is 0. The summed E-state index contributed by atoms with van der Waals surface area (Å²) < 4.78 is 15.5. The topological polar surface area (TPSA) is 95.6 Å². The van der Waals surface area contributed by atoms with Gasteiger partial charge in [0.25, 0.3) is 0 Å². The van der Waals surface area contributed by atoms with Crippen LogP contribution < -0.4 is 5.32 Å². The first-order valence-electron chi connectivity index (χ1n) is 8.30. The summed E-state index contributed by atoms with van der Waals surface area (Å²) in [6.45, 7) is 0.495. The molecule has 0 amide bonds. The van der Waals surface area contributed by atoms with Crippen molar-refractivity contribution in [3.8, 4) is 0 Å². The van der Waals surface area contributed by atoms with Gasteiger partial charge in [0, 0.05) is 24.7 Å². The maximum absolute atomic E-state index is 13.7. The molecule has 3 aromatic rings. The molecule has 3 heterocycles. The SMILES string of the molecule is O[C@@H]1[C@H](O)CS[C@H]1c1nnc2c(NCCc3ccccc3F)nccn12. The highest BCUT2D eigenvalue weighted by Crippen LogP contribution is 2.39. The molecule has 0 bridgehead atoms. The van der Waals surface area contributed by atoms with Gasteiger partial charge in [-0.3, -0.25) is 4.40 Å². The summed E-state index contributed by atoms with van der Waals surface area (Å²) in [5, 5.41) is 31.1. The highest BCUT2D eigenvalue weighted by atomic mass is 32.2. The molecule has 0 radical (unpaired) electrons. The van der Waals surface area contributed by atoms with Gasteiger partial charge in [-0.15, -0.1) is 22.0 Å². The molecular formula is C17H18FN5O2S. The molecule has 1 fully saturated rings. The van der Waals surface area contributed by atoms with Crippen LogP contribution in [0.5, 0.6) is 0 Å². The van der Waals surface area contributed by atoms with E-state index in [1.807, 2.05) is 0 Å². The number of rotatable bonds is 5. The van der Waals surface area contributed by atoms with Gasteiger partial charge in [-0.05, 0) is 18.1 Å². The van der Waals surface area contributed by atoms with Crippen molar-refractivity contribution in [2.24, 2.45) is 0 Å². The van der Waals surface area contributed by atoms with Crippen molar-refractivity contribution in [2.75, 3.05) is 17.6 Å². The summed E-state index contributed by atoms with van der Waals surface area (Å²) in [4.78, 5) is 4.29. The number of anilines is 1. The lowest BCUT2D eigenvalue weighted by molar-refractivity contribution is 0.0404. The average Bonchev–Trinajstić information content (AvgIpc) is 3.21. The number of nitrogens with one attached hydrogen (secondary N) is 1. The highest BCUT2D eigenvalue weighted by Gasteiger charge is 2.38. The zero-order chi connectivity index (χ0) is 18.1. The van der Waals surface area contributed by atoms with Crippen molar-refractivity contribution < 1.29 is 14.6 Å². The lowest BCUT2D eigenvalue weighted by atomic mass is 10.1. The van der Waals surface area contributed by atoms with Gasteiger partial charge in [0.1, 0.15) is 5.82 Å². The molecular weight excluding hydrogens is 357 g/mol. The number of hydrogen-bond donors (Lipinski definition) is 3. The zero-order valence-electron chi connectivity index (χ0n) is 13.8. The van der Waals surface area contributed by atoms with Crippen LogP contribution in [0.3, 0.4) is 0 Å². The van der Waals surface area contributed by atoms with Crippen molar-refractivity contribution in [3.63, 3.8) is 0 Å². The predicted octanol–water partition coefficient (Wildman–Crippen LogP) is 1.43. The van der Waals surface area contributed by atoms with Crippen LogP contribution in [0.2, 0.25) is 0 Å². The number of benzene rings is 1. The Hall–Kier alpha value is -2.23. The first-order valence-corrected chi connectivity index (χ1v) is 9.34. The molecule has 1 aliphatic heterocycles. The van der Waals surface area contributed by atoms with E-state index < -0.39 is 12.2 Å². The number of fused-ring (bicyclic) bond motifs is 1. The number of aliphatic hydroxyl groups is 2. The molecule has 0 saturated carbocycles. The van der Waals surface area contributed by atoms with Crippen LogP contribution in [0.1, 0.15) is 16.6 Å². The molecule has 7 nitrogen and oxygen atoms in total. The number of nitrogens with zero attached hydrogens (tertiary/aromatic N) is 4. The van der Waals surface area contributed by atoms with Gasteiger partial charge in [0.2, 0.25) is 5.65 Å². The van der Waals surface area contributed by atoms with Crippen LogP contribution in [-0.2, 0) is 6.42 Å². The third kappa shape index (κ3) is 3.13. The molecule has 4 rings (SSSR count). The van der Waals surface area contributed by atoms with Crippen LogP contribution in [0, 0.1) is 5.82 Å². The summed E-state index contributed by atoms with van der Waals surface area (Å²) in [5.41, 5.74) is 1.17. The van der Waals surface area contributed by atoms with E-state index in [0.29, 0.717) is 41.6 Å². The second kappa shape index (κ2) is 7.18. The van der Waals surface area contributed by atoms with E-state index in [0.717, 1.165) is 0 Å². The molecule has 1 aromatic carbocycles. The number of aromatic nitrogens is 4. The highest BCUT2D eigenvalue weighted by molar-refractivity contribution is 7.99. The Balaban J connectivity index is 1.53. The van der Waals surface area contributed by atoms with Gasteiger partial charge >= 0.3 is 0 Å². The summed E-state index contributed by atoms with van der Waals surface area (Å²) in [6.07, 6.45) is 2.22. The van der Waals surface area contributed by atoms with Crippen molar-refractivity contribution in [2.45, 2.75) is 23.9 Å². The molecule has 136 valence electrons. The normalized spacial score (nSPS) is 22.8. The minimum absolute atomic E-state index is 0.226. The number of hydrogen-bond acceptors (Lipinski definition) is 7. The molecule has 2 aromatic heterocycles. The third-order valence-electron chi connectivity index (χ3n) is 4.40. The zero-order valence-corrected chi connectivity index (χ0v) is 14.6. The Morgan fingerprint density at radius 2 is 2.12 bits per heavy atom. The van der Waals surface area contributed by atoms with Crippen molar-refractivity contribution >= 4 is 23.2 Å². The van der Waals surface area contributed by atoms with E-state index in [1.165, 1.54) is 17.8 Å². The first-order chi connectivity index (χ1) is 12.6. The fourth-order valence-corrected chi connectivity index (χ4v) is 4.30. The van der Waals surface area contributed by atoms with Crippen molar-refractivity contribution in [1.29, 1.82) is 0 Å². The molecule has 3 atom stereocenters. The lowest BCUT2D eigenvalue weighted by Crippen LogP contribution is -2.25. The Labute approximate surface area is 153 Å². The largest absolute Gasteiger partial charge is 0.390 e. The molecule has 0 unspecified atom stereocenters. The van der Waals surface area contributed by atoms with Crippen molar-refractivity contribution in [1.82, 2.24) is 19.6 Å². The maximum Gasteiger partial charge on any atom is 0.203 e. The van der Waals surface area contributed by atoms with Crippen LogP contribution in [0.4, 0.5) is 10.2 Å². The van der Waals surface area contributed by atoms with Gasteiger partial charge in [-0.1, -0.05) is 18.2 Å². The van der Waals surface area contributed by atoms with E-state index in [2.05, 4.69) is 20.5 Å². The summed E-state index contributed by atoms with van der Waals surface area (Å²) in [6, 6.07) is 6.67. The summed E-state index contributed by atoms with van der Waals surface area (Å²) in [5.74, 6) is 1.35. The van der Waals surface area contributed by atoms with Crippen LogP contribution >= 0.6 is 11.8 Å². The first kappa shape index (κ1) is 17.2. The van der Waals surface area contributed by atoms with Crippen LogP contribution in [0.25, 0.3) is 5.65 Å². The standard InChI is InChI=1S/C17H18FN5O2S/c18-11-4-2-1-3-10(11)5-6-19-15-17-22-21-16(23(17)8-7-20-15)14-13(25)12(24)9-26-14/h1-4,7-8,12-14,24-25H,5-6,9H2,(H,19,20)/t12-,13-,14-/m1/s1. The second-order valence-corrected chi connectivity index (χ2v) is 7.28. The molecule has 26 heavy (non-hydrogen) atoms. The number of thioether (sulfide) groups is 1. The van der Waals surface area contributed by atoms with E-state index in [9.17, 15) is 14.6 Å². The minimum atomic E-state index is -0.877. The number of aliphatic hydroxyl groups excluding tert-OH is 2. The smallest absolute Gasteiger partial charge is 0.203 e. The Kier molecular flexibility index (Phi) is 4.75. The Morgan fingerprint density at radius 1 is 1.27 bits per heavy atom. The Morgan fingerprint density at radius 3 is 2.88 bits per heavy atom. The quantitative estimate of drug-likeness (QED) is 0.621. The van der Waals surface area contributed by atoms with Crippen LogP contribution in [0.15, 0.2) is 36.7 Å². The molecule has 1 aliphatic rings. The molecule has 0 spiro atoms. The fourth-order valence-electron chi connectivity index (χ4n) is 3.01.